The van der Waals surface area contributed by atoms with Gasteiger partial charge in [-0.1, -0.05) is 12.1 Å². The minimum absolute atomic E-state index is 0.248. The van der Waals surface area contributed by atoms with E-state index in [4.69, 9.17) is 5.73 Å². The molecule has 2 rings (SSSR count). The van der Waals surface area contributed by atoms with Crippen molar-refractivity contribution < 1.29 is 4.39 Å². The van der Waals surface area contributed by atoms with Crippen LogP contribution in [0.25, 0.3) is 10.8 Å². The molecule has 0 bridgehead atoms. The highest BCUT2D eigenvalue weighted by molar-refractivity contribution is 5.86. The number of pyridine rings is 1. The van der Waals surface area contributed by atoms with Crippen molar-refractivity contribution in [1.29, 1.82) is 0 Å². The van der Waals surface area contributed by atoms with Crippen LogP contribution < -0.4 is 5.73 Å². The average molecular weight is 176 g/mol. The summed E-state index contributed by atoms with van der Waals surface area (Å²) in [5, 5.41) is 1.35. The Kier molecular flexibility index (Phi) is 1.65. The summed E-state index contributed by atoms with van der Waals surface area (Å²) in [6.45, 7) is 1.75. The van der Waals surface area contributed by atoms with E-state index in [1.807, 2.05) is 6.07 Å². The zero-order chi connectivity index (χ0) is 9.42. The minimum Gasteiger partial charge on any atom is -0.384 e. The van der Waals surface area contributed by atoms with Gasteiger partial charge in [-0.25, -0.2) is 9.37 Å². The lowest BCUT2D eigenvalue weighted by Gasteiger charge is -2.03. The number of nitrogen functional groups attached to an aromatic ring is 1. The molecule has 0 saturated carbocycles. The third kappa shape index (κ3) is 1.22. The summed E-state index contributed by atoms with van der Waals surface area (Å²) in [5.41, 5.74) is 6.17. The maximum absolute atomic E-state index is 13.3. The van der Waals surface area contributed by atoms with Crippen molar-refractivity contribution in [2.45, 2.75) is 6.92 Å². The first-order valence-electron chi connectivity index (χ1n) is 4.00. The maximum atomic E-state index is 13.3. The fourth-order valence-corrected chi connectivity index (χ4v) is 1.48. The Labute approximate surface area is 75.2 Å². The lowest BCUT2D eigenvalue weighted by atomic mass is 10.1. The van der Waals surface area contributed by atoms with E-state index in [1.54, 1.807) is 19.1 Å². The van der Waals surface area contributed by atoms with E-state index in [0.717, 1.165) is 5.39 Å². The molecule has 2 N–H and O–H groups in total. The second kappa shape index (κ2) is 2.69. The predicted octanol–water partition coefficient (Wildman–Crippen LogP) is 2.26. The van der Waals surface area contributed by atoms with Crippen LogP contribution in [0.3, 0.4) is 0 Å². The number of aromatic nitrogens is 1. The van der Waals surface area contributed by atoms with Gasteiger partial charge in [0, 0.05) is 5.39 Å². The summed E-state index contributed by atoms with van der Waals surface area (Å²) >= 11 is 0. The number of aryl methyl sites for hydroxylation is 1. The first-order valence-corrected chi connectivity index (χ1v) is 4.00. The number of halogens is 1. The molecule has 1 aromatic carbocycles. The molecule has 0 atom stereocenters. The second-order valence-electron chi connectivity index (χ2n) is 2.97. The van der Waals surface area contributed by atoms with Crippen LogP contribution in [0.2, 0.25) is 0 Å². The molecule has 0 radical (unpaired) electrons. The van der Waals surface area contributed by atoms with E-state index in [9.17, 15) is 4.39 Å². The summed E-state index contributed by atoms with van der Waals surface area (Å²) in [6, 6.07) is 6.58. The van der Waals surface area contributed by atoms with E-state index >= 15 is 0 Å². The number of fused-ring (bicyclic) bond motifs is 1. The third-order valence-electron chi connectivity index (χ3n) is 2.01. The molecule has 0 fully saturated rings. The highest BCUT2D eigenvalue weighted by atomic mass is 19.1. The van der Waals surface area contributed by atoms with E-state index in [0.29, 0.717) is 16.9 Å². The summed E-state index contributed by atoms with van der Waals surface area (Å²) < 4.78 is 13.3. The molecule has 0 aliphatic heterocycles. The van der Waals surface area contributed by atoms with Gasteiger partial charge in [0.1, 0.15) is 11.6 Å². The molecule has 1 aromatic heterocycles. The molecule has 0 amide bonds. The lowest BCUT2D eigenvalue weighted by molar-refractivity contribution is 0.639. The van der Waals surface area contributed by atoms with Gasteiger partial charge in [-0.15, -0.1) is 0 Å². The topological polar surface area (TPSA) is 38.9 Å². The van der Waals surface area contributed by atoms with Crippen LogP contribution in [0.15, 0.2) is 24.3 Å². The van der Waals surface area contributed by atoms with E-state index in [1.165, 1.54) is 6.07 Å². The van der Waals surface area contributed by atoms with Gasteiger partial charge < -0.3 is 5.73 Å². The van der Waals surface area contributed by atoms with Crippen molar-refractivity contribution >= 4 is 16.6 Å². The highest BCUT2D eigenvalue weighted by Gasteiger charge is 2.04. The van der Waals surface area contributed by atoms with E-state index in [-0.39, 0.29) is 5.82 Å². The van der Waals surface area contributed by atoms with Crippen LogP contribution in [0.5, 0.6) is 0 Å². The molecule has 0 aliphatic carbocycles. The van der Waals surface area contributed by atoms with Crippen LogP contribution in [0, 0.1) is 12.7 Å². The van der Waals surface area contributed by atoms with Gasteiger partial charge in [-0.3, -0.25) is 0 Å². The monoisotopic (exact) mass is 176 g/mol. The van der Waals surface area contributed by atoms with E-state index < -0.39 is 0 Å². The molecule has 1 heterocycles. The summed E-state index contributed by atoms with van der Waals surface area (Å²) in [5.74, 6) is 0.179. The molecular weight excluding hydrogens is 167 g/mol. The Morgan fingerprint density at radius 2 is 2.15 bits per heavy atom. The zero-order valence-electron chi connectivity index (χ0n) is 7.21. The number of nitrogens with zero attached hydrogens (tertiary/aromatic N) is 1. The first-order chi connectivity index (χ1) is 6.18. The van der Waals surface area contributed by atoms with Gasteiger partial charge in [0.25, 0.3) is 0 Å². The fourth-order valence-electron chi connectivity index (χ4n) is 1.48. The van der Waals surface area contributed by atoms with Crippen molar-refractivity contribution in [2.24, 2.45) is 0 Å². The van der Waals surface area contributed by atoms with Gasteiger partial charge in [0.2, 0.25) is 0 Å². The highest BCUT2D eigenvalue weighted by Crippen LogP contribution is 2.21. The molecule has 0 aliphatic rings. The van der Waals surface area contributed by atoms with Crippen LogP contribution in [-0.4, -0.2) is 4.98 Å². The second-order valence-corrected chi connectivity index (χ2v) is 2.97. The predicted molar refractivity (Wildman–Crippen MR) is 50.9 cm³/mol. The SMILES string of the molecule is Cc1nc(N)cc2cccc(F)c12. The molecule has 0 spiro atoms. The number of anilines is 1. The summed E-state index contributed by atoms with van der Waals surface area (Å²) in [6.07, 6.45) is 0. The lowest BCUT2D eigenvalue weighted by Crippen LogP contribution is -1.94. The Hall–Kier alpha value is -1.64. The molecular formula is C10H9FN2. The zero-order valence-corrected chi connectivity index (χ0v) is 7.21. The fraction of sp³-hybridized carbons (Fsp3) is 0.100. The minimum atomic E-state index is -0.248. The molecule has 0 saturated heterocycles. The normalized spacial score (nSPS) is 10.6. The molecule has 2 aromatic rings. The van der Waals surface area contributed by atoms with Crippen LogP contribution in [0.4, 0.5) is 10.2 Å². The van der Waals surface area contributed by atoms with Gasteiger partial charge in [-0.05, 0) is 24.4 Å². The number of rotatable bonds is 0. The summed E-state index contributed by atoms with van der Waals surface area (Å²) in [4.78, 5) is 4.00. The van der Waals surface area contributed by atoms with Gasteiger partial charge in [0.05, 0.1) is 5.69 Å². The van der Waals surface area contributed by atoms with Crippen molar-refractivity contribution in [2.75, 3.05) is 5.73 Å². The van der Waals surface area contributed by atoms with Crippen LogP contribution >= 0.6 is 0 Å². The van der Waals surface area contributed by atoms with Crippen LogP contribution in [-0.2, 0) is 0 Å². The number of nitrogens with two attached hydrogens (primary N) is 1. The third-order valence-corrected chi connectivity index (χ3v) is 2.01. The number of benzene rings is 1. The quantitative estimate of drug-likeness (QED) is 0.668. The Morgan fingerprint density at radius 1 is 1.38 bits per heavy atom. The first kappa shape index (κ1) is 7.98. The molecule has 2 nitrogen and oxygen atoms in total. The van der Waals surface area contributed by atoms with E-state index in [2.05, 4.69) is 4.98 Å². The Bertz CT molecular complexity index is 466. The Morgan fingerprint density at radius 3 is 2.92 bits per heavy atom. The van der Waals surface area contributed by atoms with Crippen LogP contribution in [0.1, 0.15) is 5.69 Å². The average Bonchev–Trinajstić information content (AvgIpc) is 2.02. The molecule has 66 valence electrons. The standard InChI is InChI=1S/C10H9FN2/c1-6-10-7(5-9(12)13-6)3-2-4-8(10)11/h2-5H,1H3,(H2,12,13). The molecule has 13 heavy (non-hydrogen) atoms. The van der Waals surface area contributed by atoms with Gasteiger partial charge >= 0.3 is 0 Å². The number of hydrogen-bond acceptors (Lipinski definition) is 2. The maximum Gasteiger partial charge on any atom is 0.132 e. The van der Waals surface area contributed by atoms with Crippen molar-refractivity contribution in [3.63, 3.8) is 0 Å². The van der Waals surface area contributed by atoms with Gasteiger partial charge in [-0.2, -0.15) is 0 Å². The van der Waals surface area contributed by atoms with Crippen molar-refractivity contribution in [1.82, 2.24) is 4.98 Å². The van der Waals surface area contributed by atoms with Crippen molar-refractivity contribution in [3.8, 4) is 0 Å². The van der Waals surface area contributed by atoms with Gasteiger partial charge in [0.15, 0.2) is 0 Å². The number of hydrogen-bond donors (Lipinski definition) is 1. The molecule has 3 heteroatoms. The summed E-state index contributed by atoms with van der Waals surface area (Å²) in [7, 11) is 0. The Balaban J connectivity index is 2.94. The largest absolute Gasteiger partial charge is 0.384 e. The smallest absolute Gasteiger partial charge is 0.132 e. The van der Waals surface area contributed by atoms with Crippen molar-refractivity contribution in [3.05, 3.63) is 35.8 Å². The molecule has 0 unspecified atom stereocenters.